The van der Waals surface area contributed by atoms with Gasteiger partial charge in [0.05, 0.1) is 12.8 Å². The average Bonchev–Trinajstić information content (AvgIpc) is 3.22. The quantitative estimate of drug-likeness (QED) is 0.134. The van der Waals surface area contributed by atoms with E-state index in [2.05, 4.69) is 103 Å². The van der Waals surface area contributed by atoms with Gasteiger partial charge in [0.25, 0.3) is 0 Å². The molecule has 8 rings (SSSR count). The zero-order chi connectivity index (χ0) is 36.2. The minimum absolute atomic E-state index is 0.0140. The summed E-state index contributed by atoms with van der Waals surface area (Å²) < 4.78 is 6.60. The van der Waals surface area contributed by atoms with Crippen molar-refractivity contribution in [2.45, 2.75) is 57.3 Å². The zero-order valence-electron chi connectivity index (χ0n) is 30.2. The number of hydrogen-bond acceptors (Lipinski definition) is 3. The van der Waals surface area contributed by atoms with Crippen LogP contribution in [0.3, 0.4) is 0 Å². The van der Waals surface area contributed by atoms with E-state index < -0.39 is 7.26 Å². The number of fused-ring (bicyclic) bond motifs is 1. The lowest BCUT2D eigenvalue weighted by atomic mass is 9.72. The van der Waals surface area contributed by atoms with E-state index in [1.54, 1.807) is 12.1 Å². The van der Waals surface area contributed by atoms with E-state index in [1.165, 1.54) is 21.5 Å². The fourth-order valence-electron chi connectivity index (χ4n) is 9.32. The summed E-state index contributed by atoms with van der Waals surface area (Å²) >= 11 is 6.16. The molecule has 0 radical (unpaired) electrons. The third-order valence-corrected chi connectivity index (χ3v) is 17.0. The Labute approximate surface area is 319 Å². The number of carbonyl (C=O) groups excluding carboxylic acids is 2. The summed E-state index contributed by atoms with van der Waals surface area (Å²) in [5.41, 5.74) is 2.89. The van der Waals surface area contributed by atoms with E-state index in [1.807, 2.05) is 24.3 Å². The molecule has 3 aliphatic rings. The fraction of sp³-hybridized carbons (Fsp3) is 0.292. The molecule has 0 atom stereocenters. The van der Waals surface area contributed by atoms with E-state index in [-0.39, 0.29) is 17.5 Å². The first kappa shape index (κ1) is 35.7. The Bertz CT molecular complexity index is 1960. The van der Waals surface area contributed by atoms with Crippen molar-refractivity contribution in [2.24, 2.45) is 17.8 Å². The largest absolute Gasteiger partial charge is 0.489 e. The number of ketones is 2. The third kappa shape index (κ3) is 7.31. The number of rotatable bonds is 10. The summed E-state index contributed by atoms with van der Waals surface area (Å²) in [6.07, 6.45) is 9.14. The molecule has 0 N–H and O–H groups in total. The number of ether oxygens (including phenoxy) is 1. The highest BCUT2D eigenvalue weighted by molar-refractivity contribution is 7.95. The van der Waals surface area contributed by atoms with Crippen molar-refractivity contribution in [1.29, 1.82) is 0 Å². The molecule has 0 unspecified atom stereocenters. The molecule has 5 aromatic carbocycles. The van der Waals surface area contributed by atoms with E-state index in [9.17, 15) is 9.59 Å². The molecule has 0 aliphatic heterocycles. The van der Waals surface area contributed by atoms with Gasteiger partial charge in [-0.2, -0.15) is 0 Å². The predicted octanol–water partition coefficient (Wildman–Crippen LogP) is 10.8. The molecule has 0 heterocycles. The smallest absolute Gasteiger partial charge is 0.228 e. The maximum atomic E-state index is 14.1. The number of hydrogen-bond donors (Lipinski definition) is 0. The van der Waals surface area contributed by atoms with Gasteiger partial charge in [-0.05, 0) is 129 Å². The second-order valence-electron chi connectivity index (χ2n) is 15.2. The first-order valence-corrected chi connectivity index (χ1v) is 21.7. The Kier molecular flexibility index (Phi) is 10.8. The molecule has 5 aromatic rings. The van der Waals surface area contributed by atoms with Crippen LogP contribution in [-0.4, -0.2) is 24.3 Å². The van der Waals surface area contributed by atoms with Crippen LogP contribution in [0.15, 0.2) is 151 Å². The minimum Gasteiger partial charge on any atom is -0.489 e. The molecule has 0 aromatic heterocycles. The van der Waals surface area contributed by atoms with Crippen LogP contribution in [0.1, 0.15) is 83.6 Å². The van der Waals surface area contributed by atoms with Crippen molar-refractivity contribution in [1.82, 2.24) is 0 Å². The van der Waals surface area contributed by atoms with Crippen LogP contribution >= 0.6 is 18.9 Å². The number of Topliss-reactive ketones (excluding diaryl/α,β-unsaturated/α-hetero) is 2. The molecule has 268 valence electrons. The second kappa shape index (κ2) is 16.0. The summed E-state index contributed by atoms with van der Waals surface area (Å²) in [7, 11) is -1.90. The lowest BCUT2D eigenvalue weighted by Gasteiger charge is -2.35. The summed E-state index contributed by atoms with van der Waals surface area (Å²) in [5, 5.41) is 5.05. The van der Waals surface area contributed by atoms with Gasteiger partial charge in [-0.15, -0.1) is 0 Å². The van der Waals surface area contributed by atoms with Crippen molar-refractivity contribution in [3.8, 4) is 0 Å². The molecule has 3 nitrogen and oxygen atoms in total. The molecule has 0 spiro atoms. The van der Waals surface area contributed by atoms with Crippen LogP contribution in [0.2, 0.25) is 5.02 Å². The molecule has 2 fully saturated rings. The molecule has 3 aliphatic carbocycles. The Morgan fingerprint density at radius 2 is 0.962 bits per heavy atom. The van der Waals surface area contributed by atoms with Gasteiger partial charge in [-0.1, -0.05) is 103 Å². The second-order valence-corrected chi connectivity index (χ2v) is 19.2. The van der Waals surface area contributed by atoms with Gasteiger partial charge in [0, 0.05) is 21.7 Å². The Morgan fingerprint density at radius 1 is 0.509 bits per heavy atom. The molecule has 2 saturated carbocycles. The first-order valence-electron chi connectivity index (χ1n) is 19.4. The average molecular weight is 738 g/mol. The maximum Gasteiger partial charge on any atom is 0.228 e. The normalized spacial score (nSPS) is 22.0. The molecule has 0 amide bonds. The summed E-state index contributed by atoms with van der Waals surface area (Å²) in [5.74, 6) is 1.52. The van der Waals surface area contributed by atoms with Crippen LogP contribution in [0, 0.1) is 17.8 Å². The van der Waals surface area contributed by atoms with Crippen LogP contribution in [0.25, 0.3) is 0 Å². The topological polar surface area (TPSA) is 43.4 Å². The van der Waals surface area contributed by atoms with Gasteiger partial charge >= 0.3 is 0 Å². The summed E-state index contributed by atoms with van der Waals surface area (Å²) in [6.45, 7) is 0.475. The Balaban J connectivity index is 0.997. The first-order chi connectivity index (χ1) is 26.0. The number of benzene rings is 5. The highest BCUT2D eigenvalue weighted by Crippen LogP contribution is 2.58. The highest BCUT2D eigenvalue weighted by atomic mass is 35.5. The van der Waals surface area contributed by atoms with E-state index in [0.29, 0.717) is 46.8 Å². The Hall–Kier alpha value is -4.30. The number of halogens is 1. The SMILES string of the molecule is O=C1C(OCC2CCC(C[P+](c3ccccc3)(c3ccccc3)c3ccccc3)CC2)=C(C2CCC(c3ccc(Cl)cc3)CC2)C(=O)c2ccccc21. The third-order valence-electron chi connectivity index (χ3n) is 12.1. The lowest BCUT2D eigenvalue weighted by molar-refractivity contribution is 0.0781. The van der Waals surface area contributed by atoms with Gasteiger partial charge in [0.15, 0.2) is 11.5 Å². The van der Waals surface area contributed by atoms with Crippen molar-refractivity contribution in [2.75, 3.05) is 12.8 Å². The fourth-order valence-corrected chi connectivity index (χ4v) is 14.2. The zero-order valence-corrected chi connectivity index (χ0v) is 31.9. The van der Waals surface area contributed by atoms with Gasteiger partial charge < -0.3 is 4.74 Å². The van der Waals surface area contributed by atoms with Gasteiger partial charge in [0.1, 0.15) is 23.2 Å². The van der Waals surface area contributed by atoms with Gasteiger partial charge in [-0.25, -0.2) is 0 Å². The summed E-state index contributed by atoms with van der Waals surface area (Å²) in [4.78, 5) is 28.2. The summed E-state index contributed by atoms with van der Waals surface area (Å²) in [6, 6.07) is 48.9. The van der Waals surface area contributed by atoms with Crippen molar-refractivity contribution in [3.63, 3.8) is 0 Å². The van der Waals surface area contributed by atoms with Gasteiger partial charge in [-0.3, -0.25) is 9.59 Å². The minimum atomic E-state index is -1.90. The lowest BCUT2D eigenvalue weighted by Crippen LogP contribution is -2.36. The van der Waals surface area contributed by atoms with Gasteiger partial charge in [0.2, 0.25) is 5.78 Å². The van der Waals surface area contributed by atoms with E-state index in [0.717, 1.165) is 62.6 Å². The van der Waals surface area contributed by atoms with Crippen LogP contribution in [0.5, 0.6) is 0 Å². The maximum absolute atomic E-state index is 14.1. The molecular weight excluding hydrogens is 691 g/mol. The van der Waals surface area contributed by atoms with E-state index in [4.69, 9.17) is 16.3 Å². The monoisotopic (exact) mass is 737 g/mol. The van der Waals surface area contributed by atoms with Crippen LogP contribution < -0.4 is 15.9 Å². The van der Waals surface area contributed by atoms with Crippen molar-refractivity contribution < 1.29 is 14.3 Å². The molecule has 53 heavy (non-hydrogen) atoms. The van der Waals surface area contributed by atoms with E-state index >= 15 is 0 Å². The predicted molar refractivity (Wildman–Crippen MR) is 220 cm³/mol. The molecule has 5 heteroatoms. The van der Waals surface area contributed by atoms with Crippen LogP contribution in [0.4, 0.5) is 0 Å². The van der Waals surface area contributed by atoms with Crippen molar-refractivity contribution >= 4 is 46.3 Å². The molecular formula is C48H47ClO3P+. The van der Waals surface area contributed by atoms with Crippen molar-refractivity contribution in [3.05, 3.63) is 173 Å². The van der Waals surface area contributed by atoms with Crippen LogP contribution in [-0.2, 0) is 4.74 Å². The molecule has 0 saturated heterocycles. The number of carbonyl (C=O) groups is 2. The Morgan fingerprint density at radius 3 is 1.49 bits per heavy atom. The standard InChI is InChI=1S/C48H47ClO3P/c49-39-30-28-37(29-31-39)36-24-26-38(27-25-36)45-46(50)43-18-10-11-19-44(43)47(51)48(45)52-32-34-20-22-35(23-21-34)33-53(40-12-4-1-5-13-40,41-14-6-2-7-15-41)42-16-8-3-9-17-42/h1-19,28-31,34-36,38H,20-27,32-33H2/q+1. The highest BCUT2D eigenvalue weighted by Gasteiger charge is 2.47. The number of allylic oxidation sites excluding steroid dienone is 2. The molecule has 0 bridgehead atoms.